The Balaban J connectivity index is 2.14. The maximum atomic E-state index is 11.4. The Bertz CT molecular complexity index is 637. The lowest BCUT2D eigenvalue weighted by Crippen LogP contribution is -2.14. The quantitative estimate of drug-likeness (QED) is 0.923. The molecule has 0 spiro atoms. The zero-order chi connectivity index (χ0) is 13.9. The van der Waals surface area contributed by atoms with Gasteiger partial charge in [0.05, 0.1) is 4.90 Å². The van der Waals surface area contributed by atoms with Gasteiger partial charge < -0.3 is 5.73 Å². The van der Waals surface area contributed by atoms with E-state index >= 15 is 0 Å². The standard InChI is InChI=1S/C14H16N2O2S/c1-19(17,18)13-7-5-11(6-8-13)14(15)10-12-4-2-3-9-16-12/h2-9,14H,10,15H2,1H3. The SMILES string of the molecule is CS(=O)(=O)c1ccc(C(N)Cc2ccccn2)cc1. The first-order valence-corrected chi connectivity index (χ1v) is 7.81. The summed E-state index contributed by atoms with van der Waals surface area (Å²) >= 11 is 0. The monoisotopic (exact) mass is 276 g/mol. The van der Waals surface area contributed by atoms with Gasteiger partial charge in [-0.3, -0.25) is 4.98 Å². The zero-order valence-corrected chi connectivity index (χ0v) is 11.5. The topological polar surface area (TPSA) is 73.0 Å². The molecule has 0 aliphatic heterocycles. The number of aromatic nitrogens is 1. The zero-order valence-electron chi connectivity index (χ0n) is 10.7. The van der Waals surface area contributed by atoms with Crippen molar-refractivity contribution in [3.8, 4) is 0 Å². The van der Waals surface area contributed by atoms with Gasteiger partial charge in [-0.25, -0.2) is 8.42 Å². The van der Waals surface area contributed by atoms with E-state index in [1.165, 1.54) is 6.26 Å². The van der Waals surface area contributed by atoms with Gasteiger partial charge in [-0.1, -0.05) is 18.2 Å². The van der Waals surface area contributed by atoms with E-state index in [4.69, 9.17) is 5.73 Å². The molecule has 100 valence electrons. The summed E-state index contributed by atoms with van der Waals surface area (Å²) in [6.07, 6.45) is 3.55. The Morgan fingerprint density at radius 2 is 1.84 bits per heavy atom. The molecule has 1 unspecified atom stereocenters. The largest absolute Gasteiger partial charge is 0.324 e. The smallest absolute Gasteiger partial charge is 0.175 e. The second-order valence-corrected chi connectivity index (χ2v) is 6.49. The number of nitrogens with two attached hydrogens (primary N) is 1. The Morgan fingerprint density at radius 1 is 1.16 bits per heavy atom. The average Bonchev–Trinajstić information content (AvgIpc) is 2.39. The minimum Gasteiger partial charge on any atom is -0.324 e. The summed E-state index contributed by atoms with van der Waals surface area (Å²) in [6.45, 7) is 0. The fourth-order valence-corrected chi connectivity index (χ4v) is 2.45. The van der Waals surface area contributed by atoms with Gasteiger partial charge in [-0.2, -0.15) is 0 Å². The van der Waals surface area contributed by atoms with Crippen LogP contribution in [0.1, 0.15) is 17.3 Å². The molecule has 0 amide bonds. The first kappa shape index (κ1) is 13.7. The van der Waals surface area contributed by atoms with Crippen molar-refractivity contribution in [3.05, 3.63) is 59.9 Å². The fraction of sp³-hybridized carbons (Fsp3) is 0.214. The van der Waals surface area contributed by atoms with Crippen molar-refractivity contribution in [1.82, 2.24) is 4.98 Å². The van der Waals surface area contributed by atoms with Crippen molar-refractivity contribution >= 4 is 9.84 Å². The van der Waals surface area contributed by atoms with E-state index in [2.05, 4.69) is 4.98 Å². The lowest BCUT2D eigenvalue weighted by molar-refractivity contribution is 0.601. The third kappa shape index (κ3) is 3.62. The van der Waals surface area contributed by atoms with Gasteiger partial charge in [0, 0.05) is 30.6 Å². The van der Waals surface area contributed by atoms with Crippen LogP contribution in [-0.4, -0.2) is 19.7 Å². The molecule has 4 nitrogen and oxygen atoms in total. The van der Waals surface area contributed by atoms with Crippen molar-refractivity contribution < 1.29 is 8.42 Å². The first-order valence-electron chi connectivity index (χ1n) is 5.92. The third-order valence-electron chi connectivity index (χ3n) is 2.89. The van der Waals surface area contributed by atoms with Gasteiger partial charge in [0.2, 0.25) is 0 Å². The molecule has 2 N–H and O–H groups in total. The summed E-state index contributed by atoms with van der Waals surface area (Å²) in [6, 6.07) is 12.2. The van der Waals surface area contributed by atoms with Crippen LogP contribution in [0.2, 0.25) is 0 Å². The molecule has 2 aromatic rings. The molecular formula is C14H16N2O2S. The molecule has 1 heterocycles. The molecule has 1 atom stereocenters. The van der Waals surface area contributed by atoms with E-state index in [0.29, 0.717) is 11.3 Å². The van der Waals surface area contributed by atoms with Crippen LogP contribution >= 0.6 is 0 Å². The van der Waals surface area contributed by atoms with Gasteiger partial charge in [0.15, 0.2) is 9.84 Å². The highest BCUT2D eigenvalue weighted by atomic mass is 32.2. The number of benzene rings is 1. The summed E-state index contributed by atoms with van der Waals surface area (Å²) in [5.41, 5.74) is 7.92. The van der Waals surface area contributed by atoms with Crippen molar-refractivity contribution in [2.75, 3.05) is 6.26 Å². The first-order chi connectivity index (χ1) is 8.97. The highest BCUT2D eigenvalue weighted by Gasteiger charge is 2.10. The maximum Gasteiger partial charge on any atom is 0.175 e. The molecule has 19 heavy (non-hydrogen) atoms. The molecule has 0 fully saturated rings. The molecular weight excluding hydrogens is 260 g/mol. The minimum absolute atomic E-state index is 0.191. The molecule has 0 aliphatic carbocycles. The maximum absolute atomic E-state index is 11.4. The number of hydrogen-bond acceptors (Lipinski definition) is 4. The van der Waals surface area contributed by atoms with Crippen LogP contribution in [0, 0.1) is 0 Å². The van der Waals surface area contributed by atoms with Crippen molar-refractivity contribution in [3.63, 3.8) is 0 Å². The van der Waals surface area contributed by atoms with E-state index in [0.717, 1.165) is 11.3 Å². The number of rotatable bonds is 4. The summed E-state index contributed by atoms with van der Waals surface area (Å²) in [5, 5.41) is 0. The Morgan fingerprint density at radius 3 is 2.37 bits per heavy atom. The van der Waals surface area contributed by atoms with E-state index in [-0.39, 0.29) is 6.04 Å². The van der Waals surface area contributed by atoms with Crippen LogP contribution in [0.5, 0.6) is 0 Å². The molecule has 0 aliphatic rings. The van der Waals surface area contributed by atoms with Gasteiger partial charge in [-0.05, 0) is 29.8 Å². The molecule has 0 bridgehead atoms. The summed E-state index contributed by atoms with van der Waals surface area (Å²) < 4.78 is 22.7. The molecule has 5 heteroatoms. The lowest BCUT2D eigenvalue weighted by atomic mass is 10.0. The van der Waals surface area contributed by atoms with Crippen LogP contribution in [0.3, 0.4) is 0 Å². The van der Waals surface area contributed by atoms with Gasteiger partial charge >= 0.3 is 0 Å². The highest BCUT2D eigenvalue weighted by molar-refractivity contribution is 7.90. The summed E-state index contributed by atoms with van der Waals surface area (Å²) in [7, 11) is -3.16. The molecule has 0 radical (unpaired) electrons. The number of nitrogens with zero attached hydrogens (tertiary/aromatic N) is 1. The Labute approximate surface area is 113 Å². The number of pyridine rings is 1. The second kappa shape index (κ2) is 5.50. The predicted molar refractivity (Wildman–Crippen MR) is 74.4 cm³/mol. The second-order valence-electron chi connectivity index (χ2n) is 4.47. The summed E-state index contributed by atoms with van der Waals surface area (Å²) in [4.78, 5) is 4.53. The van der Waals surface area contributed by atoms with Crippen LogP contribution in [-0.2, 0) is 16.3 Å². The van der Waals surface area contributed by atoms with Crippen LogP contribution in [0.4, 0.5) is 0 Å². The normalized spacial score (nSPS) is 13.2. The average molecular weight is 276 g/mol. The van der Waals surface area contributed by atoms with Crippen LogP contribution < -0.4 is 5.73 Å². The Hall–Kier alpha value is -1.72. The van der Waals surface area contributed by atoms with E-state index in [1.54, 1.807) is 30.5 Å². The van der Waals surface area contributed by atoms with Gasteiger partial charge in [0.1, 0.15) is 0 Å². The third-order valence-corrected chi connectivity index (χ3v) is 4.02. The molecule has 2 rings (SSSR count). The molecule has 1 aromatic heterocycles. The molecule has 1 aromatic carbocycles. The molecule has 0 saturated carbocycles. The van der Waals surface area contributed by atoms with Gasteiger partial charge in [0.25, 0.3) is 0 Å². The minimum atomic E-state index is -3.16. The van der Waals surface area contributed by atoms with Crippen molar-refractivity contribution in [2.24, 2.45) is 5.73 Å². The van der Waals surface area contributed by atoms with E-state index in [1.807, 2.05) is 18.2 Å². The van der Waals surface area contributed by atoms with E-state index < -0.39 is 9.84 Å². The lowest BCUT2D eigenvalue weighted by Gasteiger charge is -2.12. The van der Waals surface area contributed by atoms with Gasteiger partial charge in [-0.15, -0.1) is 0 Å². The van der Waals surface area contributed by atoms with Crippen LogP contribution in [0.15, 0.2) is 53.6 Å². The van der Waals surface area contributed by atoms with Crippen molar-refractivity contribution in [2.45, 2.75) is 17.4 Å². The number of sulfone groups is 1. The van der Waals surface area contributed by atoms with E-state index in [9.17, 15) is 8.42 Å². The predicted octanol–water partition coefficient (Wildman–Crippen LogP) is 1.73. The highest BCUT2D eigenvalue weighted by Crippen LogP contribution is 2.17. The molecule has 0 saturated heterocycles. The number of hydrogen-bond donors (Lipinski definition) is 1. The summed E-state index contributed by atoms with van der Waals surface area (Å²) in [5.74, 6) is 0. The Kier molecular flexibility index (Phi) is 3.97. The van der Waals surface area contributed by atoms with Crippen molar-refractivity contribution in [1.29, 1.82) is 0 Å². The fourth-order valence-electron chi connectivity index (χ4n) is 1.82. The van der Waals surface area contributed by atoms with Crippen LogP contribution in [0.25, 0.3) is 0 Å².